The van der Waals surface area contributed by atoms with Gasteiger partial charge in [-0.05, 0) is 30.1 Å². The molecule has 0 amide bonds. The summed E-state index contributed by atoms with van der Waals surface area (Å²) in [6.45, 7) is 4.81. The maximum Gasteiger partial charge on any atom is 0.0115 e. The second-order valence-corrected chi connectivity index (χ2v) is 4.80. The lowest BCUT2D eigenvalue weighted by Crippen LogP contribution is -2.48. The minimum absolute atomic E-state index is 0.590. The summed E-state index contributed by atoms with van der Waals surface area (Å²) >= 11 is 4.36. The fourth-order valence-electron chi connectivity index (χ4n) is 2.66. The summed E-state index contributed by atoms with van der Waals surface area (Å²) < 4.78 is 0. The predicted octanol–water partition coefficient (Wildman–Crippen LogP) is 2.91. The highest BCUT2D eigenvalue weighted by atomic mass is 32.1. The first-order chi connectivity index (χ1) is 5.16. The molecule has 0 saturated heterocycles. The van der Waals surface area contributed by atoms with Gasteiger partial charge in [-0.2, -0.15) is 12.6 Å². The number of fused-ring (bicyclic) bond motifs is 1. The summed E-state index contributed by atoms with van der Waals surface area (Å²) in [5.74, 6) is 2.80. The Hall–Kier alpha value is 0.0900. The highest BCUT2D eigenvalue weighted by molar-refractivity contribution is 7.80. The third-order valence-electron chi connectivity index (χ3n) is 3.77. The smallest absolute Gasteiger partial charge is 0.0115 e. The fourth-order valence-corrected chi connectivity index (χ4v) is 3.01. The molecule has 0 heterocycles. The van der Waals surface area contributed by atoms with E-state index in [1.165, 1.54) is 12.8 Å². The molecule has 1 heteroatoms. The van der Waals surface area contributed by atoms with Crippen molar-refractivity contribution in [2.75, 3.05) is 5.75 Å². The Morgan fingerprint density at radius 2 is 2.36 bits per heavy atom. The van der Waals surface area contributed by atoms with E-state index in [9.17, 15) is 0 Å². The number of allylic oxidation sites excluding steroid dienone is 1. The molecule has 0 radical (unpaired) electrons. The first-order valence-corrected chi connectivity index (χ1v) is 5.09. The predicted molar refractivity (Wildman–Crippen MR) is 51.9 cm³/mol. The Balaban J connectivity index is 2.23. The summed E-state index contributed by atoms with van der Waals surface area (Å²) in [7, 11) is 0. The van der Waals surface area contributed by atoms with Crippen molar-refractivity contribution in [1.82, 2.24) is 0 Å². The van der Waals surface area contributed by atoms with Gasteiger partial charge < -0.3 is 0 Å². The van der Waals surface area contributed by atoms with Crippen LogP contribution in [0.4, 0.5) is 0 Å². The average Bonchev–Trinajstić information content (AvgIpc) is 2.04. The minimum Gasteiger partial charge on any atom is -0.175 e. The third kappa shape index (κ3) is 0.900. The monoisotopic (exact) mass is 168 g/mol. The molecule has 3 aliphatic carbocycles. The van der Waals surface area contributed by atoms with Crippen molar-refractivity contribution in [2.24, 2.45) is 17.3 Å². The highest BCUT2D eigenvalue weighted by Gasteiger charge is 2.50. The molecule has 1 unspecified atom stereocenters. The molecule has 0 aromatic carbocycles. The van der Waals surface area contributed by atoms with Gasteiger partial charge in [0.05, 0.1) is 0 Å². The van der Waals surface area contributed by atoms with E-state index in [-0.39, 0.29) is 0 Å². The van der Waals surface area contributed by atoms with Crippen LogP contribution in [-0.4, -0.2) is 5.75 Å². The Bertz CT molecular complexity index is 203. The summed E-state index contributed by atoms with van der Waals surface area (Å²) in [5.41, 5.74) is 2.19. The Morgan fingerprint density at radius 1 is 1.64 bits per heavy atom. The van der Waals surface area contributed by atoms with Crippen molar-refractivity contribution in [2.45, 2.75) is 26.7 Å². The van der Waals surface area contributed by atoms with Gasteiger partial charge in [-0.3, -0.25) is 0 Å². The second-order valence-electron chi connectivity index (χ2n) is 4.48. The van der Waals surface area contributed by atoms with E-state index in [0.29, 0.717) is 5.41 Å². The van der Waals surface area contributed by atoms with Gasteiger partial charge in [-0.1, -0.05) is 25.5 Å². The molecule has 0 aromatic heterocycles. The Morgan fingerprint density at radius 3 is 2.73 bits per heavy atom. The van der Waals surface area contributed by atoms with Gasteiger partial charge in [0.2, 0.25) is 0 Å². The topological polar surface area (TPSA) is 0 Å². The molecule has 3 rings (SSSR count). The van der Waals surface area contributed by atoms with E-state index >= 15 is 0 Å². The molecule has 0 aromatic rings. The molecule has 2 atom stereocenters. The van der Waals surface area contributed by atoms with E-state index in [0.717, 1.165) is 17.6 Å². The lowest BCUT2D eigenvalue weighted by molar-refractivity contribution is -0.00534. The molecule has 1 saturated carbocycles. The van der Waals surface area contributed by atoms with E-state index in [1.807, 2.05) is 0 Å². The Labute approximate surface area is 74.5 Å². The summed E-state index contributed by atoms with van der Waals surface area (Å²) in [5, 5.41) is 0. The molecule has 11 heavy (non-hydrogen) atoms. The SMILES string of the molecule is CC1(C)C2CC=C(CS)[C@@H]1C2. The van der Waals surface area contributed by atoms with Crippen molar-refractivity contribution in [3.05, 3.63) is 11.6 Å². The van der Waals surface area contributed by atoms with Gasteiger partial charge in [0.1, 0.15) is 0 Å². The molecule has 2 bridgehead atoms. The van der Waals surface area contributed by atoms with Gasteiger partial charge in [0.25, 0.3) is 0 Å². The minimum atomic E-state index is 0.590. The molecule has 0 aliphatic heterocycles. The van der Waals surface area contributed by atoms with Crippen LogP contribution in [0.25, 0.3) is 0 Å². The van der Waals surface area contributed by atoms with Crippen LogP contribution in [0.3, 0.4) is 0 Å². The van der Waals surface area contributed by atoms with Crippen LogP contribution in [0.1, 0.15) is 26.7 Å². The lowest BCUT2D eigenvalue weighted by atomic mass is 9.49. The lowest BCUT2D eigenvalue weighted by Gasteiger charge is -2.56. The molecule has 3 aliphatic rings. The van der Waals surface area contributed by atoms with Gasteiger partial charge in [0.15, 0.2) is 0 Å². The normalized spacial score (nSPS) is 39.4. The standard InChI is InChI=1S/C10H16S/c1-10(2)8-4-3-7(6-11)9(10)5-8/h3,8-9,11H,4-6H2,1-2H3/t8?,9-/m0/s1. The van der Waals surface area contributed by atoms with Crippen molar-refractivity contribution in [3.8, 4) is 0 Å². The molecule has 0 N–H and O–H groups in total. The van der Waals surface area contributed by atoms with Gasteiger partial charge >= 0.3 is 0 Å². The van der Waals surface area contributed by atoms with E-state index in [2.05, 4.69) is 32.6 Å². The first-order valence-electron chi connectivity index (χ1n) is 4.46. The van der Waals surface area contributed by atoms with Crippen molar-refractivity contribution >= 4 is 12.6 Å². The van der Waals surface area contributed by atoms with Crippen LogP contribution in [-0.2, 0) is 0 Å². The zero-order valence-electron chi connectivity index (χ0n) is 7.30. The van der Waals surface area contributed by atoms with Crippen molar-refractivity contribution in [3.63, 3.8) is 0 Å². The number of thiol groups is 1. The van der Waals surface area contributed by atoms with Gasteiger partial charge in [-0.15, -0.1) is 0 Å². The number of hydrogen-bond donors (Lipinski definition) is 1. The summed E-state index contributed by atoms with van der Waals surface area (Å²) in [4.78, 5) is 0. The van der Waals surface area contributed by atoms with Crippen LogP contribution in [0.15, 0.2) is 11.6 Å². The molecular weight excluding hydrogens is 152 g/mol. The van der Waals surface area contributed by atoms with Gasteiger partial charge in [0, 0.05) is 5.75 Å². The van der Waals surface area contributed by atoms with Crippen LogP contribution in [0.5, 0.6) is 0 Å². The van der Waals surface area contributed by atoms with Crippen molar-refractivity contribution in [1.29, 1.82) is 0 Å². The molecule has 1 fully saturated rings. The zero-order chi connectivity index (χ0) is 8.06. The van der Waals surface area contributed by atoms with Crippen LogP contribution >= 0.6 is 12.6 Å². The molecular formula is C10H16S. The summed E-state index contributed by atoms with van der Waals surface area (Å²) in [6.07, 6.45) is 5.15. The van der Waals surface area contributed by atoms with E-state index in [4.69, 9.17) is 0 Å². The van der Waals surface area contributed by atoms with Crippen molar-refractivity contribution < 1.29 is 0 Å². The highest BCUT2D eigenvalue weighted by Crippen LogP contribution is 2.59. The summed E-state index contributed by atoms with van der Waals surface area (Å²) in [6, 6.07) is 0. The van der Waals surface area contributed by atoms with E-state index < -0.39 is 0 Å². The van der Waals surface area contributed by atoms with Crippen LogP contribution in [0, 0.1) is 17.3 Å². The van der Waals surface area contributed by atoms with Crippen LogP contribution < -0.4 is 0 Å². The maximum absolute atomic E-state index is 4.36. The van der Waals surface area contributed by atoms with E-state index in [1.54, 1.807) is 5.57 Å². The Kier molecular flexibility index (Phi) is 1.61. The molecule has 62 valence electrons. The quantitative estimate of drug-likeness (QED) is 0.452. The molecule has 0 nitrogen and oxygen atoms in total. The largest absolute Gasteiger partial charge is 0.175 e. The van der Waals surface area contributed by atoms with Crippen LogP contribution in [0.2, 0.25) is 0 Å². The fraction of sp³-hybridized carbons (Fsp3) is 0.800. The maximum atomic E-state index is 4.36. The first kappa shape index (κ1) is 7.72. The third-order valence-corrected chi connectivity index (χ3v) is 4.13. The average molecular weight is 168 g/mol. The zero-order valence-corrected chi connectivity index (χ0v) is 8.20. The second kappa shape index (κ2) is 2.29. The molecule has 0 spiro atoms. The van der Waals surface area contributed by atoms with Gasteiger partial charge in [-0.25, -0.2) is 0 Å². The number of hydrogen-bond acceptors (Lipinski definition) is 1. The number of rotatable bonds is 1.